The zero-order valence-electron chi connectivity index (χ0n) is 20.4. The van der Waals surface area contributed by atoms with E-state index in [9.17, 15) is 14.0 Å². The SMILES string of the molecule is CNC(=O)C(NC(=O)c1cc2c(cc1F)OC(c1ccc(F)cc1)(c1ccc(Cl)cc1Cl)O2)C(C)(C)C. The Morgan fingerprint density at radius 1 is 0.946 bits per heavy atom. The Kier molecular flexibility index (Phi) is 7.10. The summed E-state index contributed by atoms with van der Waals surface area (Å²) in [5.41, 5.74) is -0.294. The second kappa shape index (κ2) is 9.84. The summed E-state index contributed by atoms with van der Waals surface area (Å²) in [5, 5.41) is 5.67. The highest BCUT2D eigenvalue weighted by Gasteiger charge is 2.47. The summed E-state index contributed by atoms with van der Waals surface area (Å²) < 4.78 is 41.2. The summed E-state index contributed by atoms with van der Waals surface area (Å²) in [4.78, 5) is 25.4. The van der Waals surface area contributed by atoms with E-state index in [1.54, 1.807) is 32.9 Å². The molecule has 1 aliphatic heterocycles. The van der Waals surface area contributed by atoms with E-state index >= 15 is 4.39 Å². The Morgan fingerprint density at radius 3 is 2.14 bits per heavy atom. The molecule has 6 nitrogen and oxygen atoms in total. The first kappa shape index (κ1) is 26.7. The van der Waals surface area contributed by atoms with Gasteiger partial charge >= 0.3 is 5.79 Å². The molecular weight excluding hydrogens is 525 g/mol. The van der Waals surface area contributed by atoms with Gasteiger partial charge in [-0.25, -0.2) is 8.78 Å². The summed E-state index contributed by atoms with van der Waals surface area (Å²) in [6, 6.07) is 11.3. The van der Waals surface area contributed by atoms with Crippen LogP contribution in [0, 0.1) is 17.0 Å². The first-order valence-electron chi connectivity index (χ1n) is 11.3. The molecule has 0 aromatic heterocycles. The summed E-state index contributed by atoms with van der Waals surface area (Å²) in [5.74, 6) is -4.26. The molecule has 3 aromatic rings. The topological polar surface area (TPSA) is 76.7 Å². The maximum atomic E-state index is 15.2. The molecule has 0 aliphatic carbocycles. The van der Waals surface area contributed by atoms with E-state index in [-0.39, 0.29) is 22.1 Å². The van der Waals surface area contributed by atoms with Crippen LogP contribution in [-0.4, -0.2) is 24.9 Å². The fourth-order valence-corrected chi connectivity index (χ4v) is 4.57. The van der Waals surface area contributed by atoms with Crippen LogP contribution in [0.4, 0.5) is 8.78 Å². The normalized spacial score (nSPS) is 17.3. The van der Waals surface area contributed by atoms with Crippen molar-refractivity contribution in [2.75, 3.05) is 7.05 Å². The Morgan fingerprint density at radius 2 is 1.57 bits per heavy atom. The number of benzene rings is 3. The van der Waals surface area contributed by atoms with Gasteiger partial charge in [-0.15, -0.1) is 0 Å². The largest absolute Gasteiger partial charge is 0.440 e. The molecule has 2 amide bonds. The van der Waals surface area contributed by atoms with Crippen LogP contribution in [0.1, 0.15) is 42.3 Å². The highest BCUT2D eigenvalue weighted by molar-refractivity contribution is 6.35. The fraction of sp³-hybridized carbons (Fsp3) is 0.259. The van der Waals surface area contributed by atoms with Gasteiger partial charge in [-0.05, 0) is 53.9 Å². The molecule has 0 spiro atoms. The van der Waals surface area contributed by atoms with Crippen LogP contribution in [0.25, 0.3) is 0 Å². The highest BCUT2D eigenvalue weighted by atomic mass is 35.5. The van der Waals surface area contributed by atoms with E-state index in [0.29, 0.717) is 16.1 Å². The molecule has 3 aromatic carbocycles. The summed E-state index contributed by atoms with van der Waals surface area (Å²) in [6.45, 7) is 5.32. The van der Waals surface area contributed by atoms with Crippen LogP contribution < -0.4 is 20.1 Å². The second-order valence-electron chi connectivity index (χ2n) is 9.62. The van der Waals surface area contributed by atoms with Crippen LogP contribution >= 0.6 is 23.2 Å². The third-order valence-corrected chi connectivity index (χ3v) is 6.49. The number of halogens is 4. The van der Waals surface area contributed by atoms with Crippen molar-refractivity contribution in [3.05, 3.63) is 93.0 Å². The summed E-state index contributed by atoms with van der Waals surface area (Å²) in [6.07, 6.45) is 0. The summed E-state index contributed by atoms with van der Waals surface area (Å²) in [7, 11) is 1.45. The van der Waals surface area contributed by atoms with Crippen molar-refractivity contribution in [2.45, 2.75) is 32.6 Å². The van der Waals surface area contributed by atoms with E-state index in [1.807, 2.05) is 0 Å². The predicted molar refractivity (Wildman–Crippen MR) is 136 cm³/mol. The summed E-state index contributed by atoms with van der Waals surface area (Å²) >= 11 is 12.6. The zero-order chi connectivity index (χ0) is 27.1. The highest BCUT2D eigenvalue weighted by Crippen LogP contribution is 2.50. The lowest BCUT2D eigenvalue weighted by atomic mass is 9.86. The number of ether oxygens (including phenoxy) is 2. The molecule has 2 N–H and O–H groups in total. The first-order chi connectivity index (χ1) is 17.4. The van der Waals surface area contributed by atoms with Crippen molar-refractivity contribution < 1.29 is 27.8 Å². The molecule has 0 bridgehead atoms. The molecular formula is C27H24Cl2F2N2O4. The van der Waals surface area contributed by atoms with Gasteiger partial charge in [-0.1, -0.05) is 44.0 Å². The van der Waals surface area contributed by atoms with Crippen molar-refractivity contribution in [2.24, 2.45) is 5.41 Å². The van der Waals surface area contributed by atoms with E-state index in [4.69, 9.17) is 32.7 Å². The lowest BCUT2D eigenvalue weighted by Crippen LogP contribution is -2.53. The van der Waals surface area contributed by atoms with Crippen molar-refractivity contribution in [1.29, 1.82) is 0 Å². The molecule has 2 atom stereocenters. The van der Waals surface area contributed by atoms with Crippen molar-refractivity contribution >= 4 is 35.0 Å². The maximum absolute atomic E-state index is 15.2. The van der Waals surface area contributed by atoms with Gasteiger partial charge in [-0.3, -0.25) is 9.59 Å². The van der Waals surface area contributed by atoms with Crippen molar-refractivity contribution in [1.82, 2.24) is 10.6 Å². The Balaban J connectivity index is 1.77. The molecule has 37 heavy (non-hydrogen) atoms. The molecule has 0 radical (unpaired) electrons. The van der Waals surface area contributed by atoms with Crippen molar-refractivity contribution in [3.8, 4) is 11.5 Å². The fourth-order valence-electron chi connectivity index (χ4n) is 4.04. The molecule has 1 heterocycles. The smallest absolute Gasteiger partial charge is 0.307 e. The molecule has 0 fully saturated rings. The minimum atomic E-state index is -1.71. The van der Waals surface area contributed by atoms with E-state index in [0.717, 1.165) is 6.07 Å². The number of carbonyl (C=O) groups is 2. The third kappa shape index (κ3) is 5.08. The van der Waals surface area contributed by atoms with Gasteiger partial charge in [0, 0.05) is 23.7 Å². The molecule has 10 heteroatoms. The van der Waals surface area contributed by atoms with Crippen LogP contribution in [0.2, 0.25) is 10.0 Å². The van der Waals surface area contributed by atoms with Gasteiger partial charge < -0.3 is 20.1 Å². The monoisotopic (exact) mass is 548 g/mol. The van der Waals surface area contributed by atoms with Gasteiger partial charge in [0.15, 0.2) is 11.5 Å². The van der Waals surface area contributed by atoms with Gasteiger partial charge in [0.05, 0.1) is 16.1 Å². The molecule has 0 saturated heterocycles. The lowest BCUT2D eigenvalue weighted by molar-refractivity contribution is -0.124. The predicted octanol–water partition coefficient (Wildman–Crippen LogP) is 5.83. The minimum Gasteiger partial charge on any atom is -0.440 e. The van der Waals surface area contributed by atoms with E-state index < -0.39 is 40.7 Å². The molecule has 194 valence electrons. The van der Waals surface area contributed by atoms with E-state index in [1.165, 1.54) is 43.4 Å². The number of fused-ring (bicyclic) bond motifs is 1. The maximum Gasteiger partial charge on any atom is 0.307 e. The number of hydrogen-bond acceptors (Lipinski definition) is 4. The van der Waals surface area contributed by atoms with Gasteiger partial charge in [-0.2, -0.15) is 0 Å². The Hall–Kier alpha value is -3.36. The number of likely N-dealkylation sites (N-methyl/N-ethyl adjacent to an activating group) is 1. The van der Waals surface area contributed by atoms with Crippen LogP contribution in [0.15, 0.2) is 54.6 Å². The number of hydrogen-bond donors (Lipinski definition) is 2. The average Bonchev–Trinajstić information content (AvgIpc) is 3.20. The van der Waals surface area contributed by atoms with Crippen LogP contribution in [0.3, 0.4) is 0 Å². The van der Waals surface area contributed by atoms with Gasteiger partial charge in [0.25, 0.3) is 5.91 Å². The zero-order valence-corrected chi connectivity index (χ0v) is 21.9. The first-order valence-corrected chi connectivity index (χ1v) is 12.1. The van der Waals surface area contributed by atoms with Gasteiger partial charge in [0.1, 0.15) is 17.7 Å². The molecule has 4 rings (SSSR count). The van der Waals surface area contributed by atoms with Crippen molar-refractivity contribution in [3.63, 3.8) is 0 Å². The number of amides is 2. The Bertz CT molecular complexity index is 1380. The standard InChI is InChI=1S/C27H24Cl2F2N2O4/c1-26(2,3)23(25(35)32-4)33-24(34)17-12-21-22(13-20(17)31)37-27(36-21,14-5-8-16(30)9-6-14)18-10-7-15(28)11-19(18)29/h5-13,23H,1-4H3,(H,32,35)(H,33,34). The van der Waals surface area contributed by atoms with E-state index in [2.05, 4.69) is 10.6 Å². The van der Waals surface area contributed by atoms with Crippen LogP contribution in [0.5, 0.6) is 11.5 Å². The van der Waals surface area contributed by atoms with Crippen LogP contribution in [-0.2, 0) is 10.6 Å². The molecule has 0 saturated carbocycles. The number of nitrogens with one attached hydrogen (secondary N) is 2. The number of carbonyl (C=O) groups excluding carboxylic acids is 2. The molecule has 2 unspecified atom stereocenters. The molecule has 1 aliphatic rings. The number of rotatable bonds is 5. The Labute approximate surface area is 222 Å². The average molecular weight is 549 g/mol. The minimum absolute atomic E-state index is 0.00284. The van der Waals surface area contributed by atoms with Gasteiger partial charge in [0.2, 0.25) is 5.91 Å². The third-order valence-electron chi connectivity index (χ3n) is 5.95. The quantitative estimate of drug-likeness (QED) is 0.420. The lowest BCUT2D eigenvalue weighted by Gasteiger charge is -2.30. The second-order valence-corrected chi connectivity index (χ2v) is 10.5.